The molecule has 2 rings (SSSR count). The molecule has 1 aliphatic rings. The number of nitrogens with one attached hydrogen (secondary N) is 1. The SMILES string of the molecule is CCCNC(=O)N(C)C[C@@H]1Oc2cc(C#CC(C)(C)O)ccc2S(=O)(=O)N([C@@H](C)CO)C[C@@H]1C. The highest BCUT2D eigenvalue weighted by molar-refractivity contribution is 7.89. The van der Waals surface area contributed by atoms with E-state index >= 15 is 0 Å². The van der Waals surface area contributed by atoms with Crippen molar-refractivity contribution in [3.63, 3.8) is 0 Å². The average Bonchev–Trinajstić information content (AvgIpc) is 2.77. The van der Waals surface area contributed by atoms with Gasteiger partial charge in [0.05, 0.1) is 13.2 Å². The van der Waals surface area contributed by atoms with Gasteiger partial charge < -0.3 is 25.2 Å². The first kappa shape index (κ1) is 27.9. The molecule has 9 nitrogen and oxygen atoms in total. The van der Waals surface area contributed by atoms with Gasteiger partial charge in [-0.05, 0) is 45.4 Å². The number of aliphatic hydroxyl groups excluding tert-OH is 1. The monoisotopic (exact) mass is 495 g/mol. The number of aliphatic hydroxyl groups is 2. The van der Waals surface area contributed by atoms with Crippen molar-refractivity contribution in [3.05, 3.63) is 23.8 Å². The van der Waals surface area contributed by atoms with Crippen LogP contribution in [0.15, 0.2) is 23.1 Å². The van der Waals surface area contributed by atoms with Gasteiger partial charge >= 0.3 is 6.03 Å². The average molecular weight is 496 g/mol. The van der Waals surface area contributed by atoms with E-state index < -0.39 is 27.8 Å². The van der Waals surface area contributed by atoms with E-state index in [0.717, 1.165) is 6.42 Å². The number of likely N-dealkylation sites (N-methyl/N-ethyl adjacent to an activating group) is 1. The zero-order valence-electron chi connectivity index (χ0n) is 20.8. The molecule has 2 amide bonds. The van der Waals surface area contributed by atoms with E-state index in [1.165, 1.54) is 21.3 Å². The number of hydrogen-bond acceptors (Lipinski definition) is 6. The Hall–Kier alpha value is -2.32. The summed E-state index contributed by atoms with van der Waals surface area (Å²) >= 11 is 0. The van der Waals surface area contributed by atoms with E-state index in [1.54, 1.807) is 33.9 Å². The normalized spacial score (nSPS) is 21.1. The summed E-state index contributed by atoms with van der Waals surface area (Å²) in [5, 5.41) is 22.5. The zero-order chi connectivity index (χ0) is 25.7. The van der Waals surface area contributed by atoms with Crippen LogP contribution >= 0.6 is 0 Å². The number of carbonyl (C=O) groups excluding carboxylic acids is 1. The van der Waals surface area contributed by atoms with Crippen molar-refractivity contribution in [1.82, 2.24) is 14.5 Å². The van der Waals surface area contributed by atoms with Gasteiger partial charge in [0.2, 0.25) is 10.0 Å². The predicted octanol–water partition coefficient (Wildman–Crippen LogP) is 1.63. The fourth-order valence-electron chi connectivity index (χ4n) is 3.47. The summed E-state index contributed by atoms with van der Waals surface area (Å²) in [6, 6.07) is 3.65. The molecular weight excluding hydrogens is 458 g/mol. The molecule has 10 heteroatoms. The standard InChI is InChI=1S/C24H37N3O6S/c1-7-12-25-23(29)26(6)15-21-17(2)14-27(18(3)16-28)34(31,32)22-9-8-19(13-20(22)33-21)10-11-24(4,5)30/h8-9,13,17-18,21,28,30H,7,12,14-16H2,1-6H3,(H,25,29)/t17-,18-,21-/m0/s1. The van der Waals surface area contributed by atoms with Crippen LogP contribution in [-0.2, 0) is 10.0 Å². The zero-order valence-corrected chi connectivity index (χ0v) is 21.6. The van der Waals surface area contributed by atoms with Crippen LogP contribution in [0.1, 0.15) is 46.6 Å². The van der Waals surface area contributed by atoms with E-state index in [1.807, 2.05) is 13.8 Å². The number of rotatable bonds is 6. The maximum Gasteiger partial charge on any atom is 0.317 e. The molecule has 0 saturated heterocycles. The van der Waals surface area contributed by atoms with Crippen LogP contribution in [0.5, 0.6) is 5.75 Å². The first-order valence-corrected chi connectivity index (χ1v) is 12.9. The van der Waals surface area contributed by atoms with Crippen molar-refractivity contribution in [2.45, 2.75) is 63.7 Å². The smallest absolute Gasteiger partial charge is 0.317 e. The molecule has 1 aromatic carbocycles. The number of carbonyl (C=O) groups is 1. The summed E-state index contributed by atoms with van der Waals surface area (Å²) in [5.41, 5.74) is -0.727. The molecule has 0 radical (unpaired) electrons. The van der Waals surface area contributed by atoms with Gasteiger partial charge in [-0.2, -0.15) is 4.31 Å². The predicted molar refractivity (Wildman–Crippen MR) is 130 cm³/mol. The molecule has 1 aromatic rings. The van der Waals surface area contributed by atoms with Crippen molar-refractivity contribution in [1.29, 1.82) is 0 Å². The van der Waals surface area contributed by atoms with E-state index in [0.29, 0.717) is 12.1 Å². The number of fused-ring (bicyclic) bond motifs is 1. The third kappa shape index (κ3) is 7.09. The highest BCUT2D eigenvalue weighted by Crippen LogP contribution is 2.34. The number of sulfonamides is 1. The Balaban J connectivity index is 2.53. The lowest BCUT2D eigenvalue weighted by Gasteiger charge is -2.37. The summed E-state index contributed by atoms with van der Waals surface area (Å²) in [6.45, 7) is 9.16. The molecular formula is C24H37N3O6S. The van der Waals surface area contributed by atoms with Crippen LogP contribution in [0.3, 0.4) is 0 Å². The van der Waals surface area contributed by atoms with Crippen LogP contribution < -0.4 is 10.1 Å². The molecule has 1 aliphatic heterocycles. The Morgan fingerprint density at radius 3 is 2.68 bits per heavy atom. The molecule has 190 valence electrons. The van der Waals surface area contributed by atoms with Gasteiger partial charge in [0.25, 0.3) is 0 Å². The Morgan fingerprint density at radius 2 is 2.09 bits per heavy atom. The number of benzene rings is 1. The fourth-order valence-corrected chi connectivity index (χ4v) is 5.29. The molecule has 0 aromatic heterocycles. The second kappa shape index (κ2) is 11.4. The molecule has 3 atom stereocenters. The first-order valence-electron chi connectivity index (χ1n) is 11.5. The molecule has 3 N–H and O–H groups in total. The van der Waals surface area contributed by atoms with Crippen molar-refractivity contribution >= 4 is 16.1 Å². The lowest BCUT2D eigenvalue weighted by atomic mass is 10.0. The summed E-state index contributed by atoms with van der Waals surface area (Å²) in [7, 11) is -2.31. The van der Waals surface area contributed by atoms with E-state index in [-0.39, 0.29) is 42.3 Å². The van der Waals surface area contributed by atoms with Gasteiger partial charge in [0.15, 0.2) is 0 Å². The summed E-state index contributed by atoms with van der Waals surface area (Å²) in [6.07, 6.45) is 0.293. The highest BCUT2D eigenvalue weighted by Gasteiger charge is 2.38. The number of nitrogens with zero attached hydrogens (tertiary/aromatic N) is 2. The Labute approximate surface area is 203 Å². The second-order valence-electron chi connectivity index (χ2n) is 9.32. The molecule has 0 fully saturated rings. The number of hydrogen-bond donors (Lipinski definition) is 3. The maximum atomic E-state index is 13.5. The van der Waals surface area contributed by atoms with Crippen LogP contribution in [0.4, 0.5) is 4.79 Å². The van der Waals surface area contributed by atoms with Gasteiger partial charge in [-0.15, -0.1) is 0 Å². The van der Waals surface area contributed by atoms with Crippen molar-refractivity contribution < 1.29 is 28.2 Å². The van der Waals surface area contributed by atoms with Gasteiger partial charge in [-0.1, -0.05) is 25.7 Å². The Bertz CT molecular complexity index is 1030. The van der Waals surface area contributed by atoms with E-state index in [2.05, 4.69) is 17.2 Å². The Kier molecular flexibility index (Phi) is 9.37. The topological polar surface area (TPSA) is 119 Å². The number of urea groups is 1. The maximum absolute atomic E-state index is 13.5. The van der Waals surface area contributed by atoms with Gasteiger partial charge in [0.1, 0.15) is 22.4 Å². The van der Waals surface area contributed by atoms with Gasteiger partial charge in [0, 0.05) is 37.7 Å². The molecule has 0 spiro atoms. The molecule has 0 unspecified atom stereocenters. The van der Waals surface area contributed by atoms with Crippen LogP contribution in [0, 0.1) is 17.8 Å². The quantitative estimate of drug-likeness (QED) is 0.516. The van der Waals surface area contributed by atoms with E-state index in [9.17, 15) is 23.4 Å². The lowest BCUT2D eigenvalue weighted by Crippen LogP contribution is -2.51. The molecule has 34 heavy (non-hydrogen) atoms. The van der Waals surface area contributed by atoms with Crippen molar-refractivity contribution in [3.8, 4) is 17.6 Å². The molecule has 0 bridgehead atoms. The van der Waals surface area contributed by atoms with Crippen molar-refractivity contribution in [2.75, 3.05) is 33.3 Å². The van der Waals surface area contributed by atoms with Gasteiger partial charge in [-0.3, -0.25) is 0 Å². The summed E-state index contributed by atoms with van der Waals surface area (Å²) in [5.74, 6) is 5.40. The number of amides is 2. The fraction of sp³-hybridized carbons (Fsp3) is 0.625. The largest absolute Gasteiger partial charge is 0.487 e. The Morgan fingerprint density at radius 1 is 1.41 bits per heavy atom. The third-order valence-electron chi connectivity index (χ3n) is 5.51. The summed E-state index contributed by atoms with van der Waals surface area (Å²) < 4.78 is 34.5. The minimum atomic E-state index is -3.97. The molecule has 1 heterocycles. The highest BCUT2D eigenvalue weighted by atomic mass is 32.2. The van der Waals surface area contributed by atoms with Crippen molar-refractivity contribution in [2.24, 2.45) is 5.92 Å². The van der Waals surface area contributed by atoms with Crippen LogP contribution in [0.25, 0.3) is 0 Å². The lowest BCUT2D eigenvalue weighted by molar-refractivity contribution is 0.0812. The number of ether oxygens (including phenoxy) is 1. The van der Waals surface area contributed by atoms with Gasteiger partial charge in [-0.25, -0.2) is 13.2 Å². The molecule has 0 aliphatic carbocycles. The van der Waals surface area contributed by atoms with E-state index in [4.69, 9.17) is 4.74 Å². The minimum absolute atomic E-state index is 0.0309. The third-order valence-corrected chi connectivity index (χ3v) is 7.53. The van der Waals surface area contributed by atoms with Crippen LogP contribution in [-0.4, -0.2) is 84.9 Å². The molecule has 0 saturated carbocycles. The first-order chi connectivity index (χ1) is 15.8. The minimum Gasteiger partial charge on any atom is -0.487 e. The van der Waals surface area contributed by atoms with Crippen LogP contribution in [0.2, 0.25) is 0 Å². The second-order valence-corrected chi connectivity index (χ2v) is 11.2. The summed E-state index contributed by atoms with van der Waals surface area (Å²) in [4.78, 5) is 13.9.